The third kappa shape index (κ3) is 12.4. The van der Waals surface area contributed by atoms with E-state index >= 15 is 0 Å². The molecule has 1 heteroatoms. The fourth-order valence-electron chi connectivity index (χ4n) is 1.20. The fourth-order valence-corrected chi connectivity index (χ4v) is 1.20. The minimum absolute atomic E-state index is 0. The zero-order chi connectivity index (χ0) is 14.1. The molecule has 0 N–H and O–H groups in total. The van der Waals surface area contributed by atoms with Crippen LogP contribution in [-0.2, 0) is 26.2 Å². The summed E-state index contributed by atoms with van der Waals surface area (Å²) in [5.74, 6) is 0. The Morgan fingerprint density at radius 1 is 0.850 bits per heavy atom. The molecule has 0 spiro atoms. The zero-order valence-electron chi connectivity index (χ0n) is 14.0. The molecule has 0 bridgehead atoms. The van der Waals surface area contributed by atoms with Crippen molar-refractivity contribution in [1.82, 2.24) is 0 Å². The largest absolute Gasteiger partial charge is 4.00 e. The maximum absolute atomic E-state index is 5.03. The van der Waals surface area contributed by atoms with Crippen LogP contribution in [0.3, 0.4) is 0 Å². The summed E-state index contributed by atoms with van der Waals surface area (Å²) in [6.45, 7) is 17.2. The molecule has 0 radical (unpaired) electrons. The van der Waals surface area contributed by atoms with Crippen molar-refractivity contribution in [2.45, 2.75) is 41.5 Å². The molecule has 2 rings (SSSR count). The van der Waals surface area contributed by atoms with Gasteiger partial charge in [0, 0.05) is 0 Å². The van der Waals surface area contributed by atoms with E-state index in [2.05, 4.69) is 64.1 Å². The van der Waals surface area contributed by atoms with Crippen molar-refractivity contribution in [1.29, 1.82) is 0 Å². The third-order valence-corrected chi connectivity index (χ3v) is 2.63. The average molecular weight is 348 g/mol. The van der Waals surface area contributed by atoms with Crippen LogP contribution in [0.15, 0.2) is 42.0 Å². The Labute approximate surface area is 145 Å². The van der Waals surface area contributed by atoms with Gasteiger partial charge in [0.1, 0.15) is 0 Å². The maximum Gasteiger partial charge on any atom is 4.00 e. The molecule has 0 aromatic heterocycles. The van der Waals surface area contributed by atoms with Gasteiger partial charge in [-0.15, -0.1) is 0 Å². The molecule has 0 nitrogen and oxygen atoms in total. The quantitative estimate of drug-likeness (QED) is 0.522. The van der Waals surface area contributed by atoms with Gasteiger partial charge in [-0.05, 0) is 0 Å². The standard InChI is InChI=1S/2C7H9.C4H7.CH3.Zr/c2*1-6-4-3-5-7(6)2;1-4(2)3;;/h2*3-5H,1-2H3;1H,2-3H3;1H3;/q4*-1;+4. The van der Waals surface area contributed by atoms with Crippen molar-refractivity contribution < 1.29 is 26.2 Å². The molecule has 0 aliphatic carbocycles. The van der Waals surface area contributed by atoms with Gasteiger partial charge in [-0.2, -0.15) is 46.5 Å². The Hall–Kier alpha value is -0.677. The summed E-state index contributed by atoms with van der Waals surface area (Å²) in [6.07, 6.45) is 0. The van der Waals surface area contributed by atoms with Crippen molar-refractivity contribution in [3.05, 3.63) is 78.2 Å². The molecule has 0 heterocycles. The van der Waals surface area contributed by atoms with Crippen LogP contribution in [0.5, 0.6) is 0 Å². The second-order valence-electron chi connectivity index (χ2n) is 4.86. The van der Waals surface area contributed by atoms with E-state index in [1.165, 1.54) is 22.3 Å². The van der Waals surface area contributed by atoms with E-state index < -0.39 is 0 Å². The van der Waals surface area contributed by atoms with E-state index in [1.807, 2.05) is 13.8 Å². The molecular formula is C19H28Zr. The molecule has 0 amide bonds. The first-order valence-corrected chi connectivity index (χ1v) is 6.28. The Bertz CT molecular complexity index is 382. The number of hydrogen-bond acceptors (Lipinski definition) is 0. The van der Waals surface area contributed by atoms with Crippen molar-refractivity contribution in [2.24, 2.45) is 0 Å². The molecule has 108 valence electrons. The Morgan fingerprint density at radius 3 is 1.15 bits per heavy atom. The van der Waals surface area contributed by atoms with Crippen LogP contribution in [0.1, 0.15) is 36.1 Å². The Balaban J connectivity index is -0.000000215. The molecule has 0 aliphatic rings. The summed E-state index contributed by atoms with van der Waals surface area (Å²) >= 11 is 0. The third-order valence-electron chi connectivity index (χ3n) is 2.63. The van der Waals surface area contributed by atoms with Gasteiger partial charge in [-0.25, -0.2) is 12.1 Å². The molecule has 0 fully saturated rings. The summed E-state index contributed by atoms with van der Waals surface area (Å²) < 4.78 is 0. The van der Waals surface area contributed by atoms with E-state index in [1.54, 1.807) is 0 Å². The van der Waals surface area contributed by atoms with E-state index in [4.69, 9.17) is 6.58 Å². The average Bonchev–Trinajstić information content (AvgIpc) is 2.79. The molecular weight excluding hydrogens is 319 g/mol. The second-order valence-corrected chi connectivity index (χ2v) is 4.86. The first-order valence-electron chi connectivity index (χ1n) is 6.28. The molecule has 0 atom stereocenters. The van der Waals surface area contributed by atoms with Crippen molar-refractivity contribution in [2.75, 3.05) is 0 Å². The van der Waals surface area contributed by atoms with Gasteiger partial charge < -0.3 is 14.0 Å². The summed E-state index contributed by atoms with van der Waals surface area (Å²) in [5, 5.41) is 0. The number of rotatable bonds is 0. The molecule has 0 saturated carbocycles. The smallest absolute Gasteiger partial charge is 0.515 e. The summed E-state index contributed by atoms with van der Waals surface area (Å²) in [4.78, 5) is 0. The summed E-state index contributed by atoms with van der Waals surface area (Å²) in [5.41, 5.74) is 6.47. The SMILES string of the molecule is Cc1cc[cH-]c1C.Cc1cc[cH-]c1C.[CH-]=C(C)C.[CH3-].[Zr+4]. The number of aryl methyl sites for hydroxylation is 4. The van der Waals surface area contributed by atoms with E-state index in [0.29, 0.717) is 0 Å². The predicted octanol–water partition coefficient (Wildman–Crippen LogP) is 5.88. The van der Waals surface area contributed by atoms with Crippen LogP contribution >= 0.6 is 0 Å². The van der Waals surface area contributed by atoms with Crippen LogP contribution < -0.4 is 0 Å². The van der Waals surface area contributed by atoms with Crippen LogP contribution in [0.4, 0.5) is 0 Å². The molecule has 0 unspecified atom stereocenters. The monoisotopic (exact) mass is 346 g/mol. The predicted molar refractivity (Wildman–Crippen MR) is 88.6 cm³/mol. The van der Waals surface area contributed by atoms with Crippen LogP contribution in [0, 0.1) is 41.7 Å². The Morgan fingerprint density at radius 2 is 1.10 bits per heavy atom. The van der Waals surface area contributed by atoms with Crippen LogP contribution in [0.2, 0.25) is 0 Å². The summed E-state index contributed by atoms with van der Waals surface area (Å²) in [6, 6.07) is 12.6. The molecule has 2 aromatic carbocycles. The van der Waals surface area contributed by atoms with Crippen LogP contribution in [0.25, 0.3) is 0 Å². The van der Waals surface area contributed by atoms with Gasteiger partial charge >= 0.3 is 26.2 Å². The number of allylic oxidation sites excluding steroid dienone is 1. The zero-order valence-corrected chi connectivity index (χ0v) is 16.5. The van der Waals surface area contributed by atoms with E-state index in [-0.39, 0.29) is 33.6 Å². The fraction of sp³-hybridized carbons (Fsp3) is 0.316. The topological polar surface area (TPSA) is 0 Å². The molecule has 2 aromatic rings. The maximum atomic E-state index is 5.03. The minimum atomic E-state index is 0. The van der Waals surface area contributed by atoms with Gasteiger partial charge in [0.05, 0.1) is 0 Å². The second kappa shape index (κ2) is 13.3. The van der Waals surface area contributed by atoms with Gasteiger partial charge in [-0.1, -0.05) is 41.5 Å². The molecule has 0 saturated heterocycles. The van der Waals surface area contributed by atoms with Gasteiger partial charge in [0.2, 0.25) is 0 Å². The molecule has 20 heavy (non-hydrogen) atoms. The number of hydrogen-bond donors (Lipinski definition) is 0. The first kappa shape index (κ1) is 24.3. The first-order chi connectivity index (χ1) is 8.34. The normalized spacial score (nSPS) is 7.90. The van der Waals surface area contributed by atoms with E-state index in [9.17, 15) is 0 Å². The Kier molecular flexibility index (Phi) is 16.2. The minimum Gasteiger partial charge on any atom is -0.515 e. The van der Waals surface area contributed by atoms with Gasteiger partial charge in [-0.3, -0.25) is 5.57 Å². The van der Waals surface area contributed by atoms with Gasteiger partial charge in [0.25, 0.3) is 0 Å². The van der Waals surface area contributed by atoms with Crippen LogP contribution in [-0.4, -0.2) is 0 Å². The van der Waals surface area contributed by atoms with E-state index in [0.717, 1.165) is 5.57 Å². The van der Waals surface area contributed by atoms with Crippen molar-refractivity contribution >= 4 is 0 Å². The van der Waals surface area contributed by atoms with Crippen molar-refractivity contribution in [3.63, 3.8) is 0 Å². The van der Waals surface area contributed by atoms with Crippen molar-refractivity contribution in [3.8, 4) is 0 Å². The van der Waals surface area contributed by atoms with Gasteiger partial charge in [0.15, 0.2) is 0 Å². The molecule has 0 aliphatic heterocycles. The summed E-state index contributed by atoms with van der Waals surface area (Å²) in [7, 11) is 0.